The minimum Gasteiger partial charge on any atom is -0.368 e. The van der Waals surface area contributed by atoms with Crippen LogP contribution in [0.2, 0.25) is 0 Å². The van der Waals surface area contributed by atoms with Crippen molar-refractivity contribution < 1.29 is 4.79 Å². The van der Waals surface area contributed by atoms with Gasteiger partial charge in [0.15, 0.2) is 0 Å². The molecule has 1 aliphatic carbocycles. The zero-order valence-electron chi connectivity index (χ0n) is 12.0. The highest BCUT2D eigenvalue weighted by Gasteiger charge is 2.21. The molecule has 0 unspecified atom stereocenters. The molecule has 2 aromatic rings. The highest BCUT2D eigenvalue weighted by molar-refractivity contribution is 5.92. The van der Waals surface area contributed by atoms with Crippen molar-refractivity contribution in [1.29, 1.82) is 0 Å². The lowest BCUT2D eigenvalue weighted by Gasteiger charge is -2.25. The predicted molar refractivity (Wildman–Crippen MR) is 80.9 cm³/mol. The Morgan fingerprint density at radius 2 is 2.05 bits per heavy atom. The summed E-state index contributed by atoms with van der Waals surface area (Å²) in [6.07, 6.45) is 2.80. The molecule has 0 spiro atoms. The summed E-state index contributed by atoms with van der Waals surface area (Å²) >= 11 is 0. The fourth-order valence-electron chi connectivity index (χ4n) is 2.79. The molecule has 0 radical (unpaired) electrons. The molecule has 108 valence electrons. The van der Waals surface area contributed by atoms with Crippen molar-refractivity contribution in [2.75, 3.05) is 5.73 Å². The number of fused-ring (bicyclic) bond motifs is 1. The molecule has 1 atom stereocenters. The summed E-state index contributed by atoms with van der Waals surface area (Å²) in [5.41, 5.74) is 9.31. The van der Waals surface area contributed by atoms with Gasteiger partial charge >= 0.3 is 0 Å². The van der Waals surface area contributed by atoms with Crippen LogP contribution in [-0.2, 0) is 12.8 Å². The van der Waals surface area contributed by atoms with Gasteiger partial charge in [-0.05, 0) is 43.4 Å². The van der Waals surface area contributed by atoms with Gasteiger partial charge in [-0.15, -0.1) is 0 Å². The fraction of sp³-hybridized carbons (Fsp3) is 0.312. The van der Waals surface area contributed by atoms with Crippen LogP contribution in [0.5, 0.6) is 0 Å². The number of carbonyl (C=O) groups excluding carboxylic acids is 1. The summed E-state index contributed by atoms with van der Waals surface area (Å²) in [7, 11) is 0. The summed E-state index contributed by atoms with van der Waals surface area (Å²) < 4.78 is 0. The standard InChI is InChI=1S/C16H18N4O/c1-10-8-14(20-16(17)18-10)15(21)19-13-7-6-11-4-2-3-5-12(11)9-13/h2-5,8,13H,6-7,9H2,1H3,(H,19,21)(H2,17,18,20)/t13-/m0/s1. The van der Waals surface area contributed by atoms with Gasteiger partial charge in [0.05, 0.1) is 0 Å². The Morgan fingerprint density at radius 1 is 1.29 bits per heavy atom. The molecule has 21 heavy (non-hydrogen) atoms. The minimum absolute atomic E-state index is 0.133. The van der Waals surface area contributed by atoms with E-state index in [1.165, 1.54) is 11.1 Å². The van der Waals surface area contributed by atoms with Gasteiger partial charge in [0.2, 0.25) is 5.95 Å². The van der Waals surface area contributed by atoms with E-state index in [2.05, 4.69) is 33.5 Å². The number of aromatic nitrogens is 2. The van der Waals surface area contributed by atoms with Gasteiger partial charge in [-0.25, -0.2) is 9.97 Å². The molecule has 0 aliphatic heterocycles. The van der Waals surface area contributed by atoms with Crippen LogP contribution in [0.1, 0.15) is 33.7 Å². The highest BCUT2D eigenvalue weighted by Crippen LogP contribution is 2.21. The zero-order valence-corrected chi connectivity index (χ0v) is 12.0. The summed E-state index contributed by atoms with van der Waals surface area (Å²) in [5.74, 6) is -0.0503. The van der Waals surface area contributed by atoms with Gasteiger partial charge in [-0.2, -0.15) is 0 Å². The Morgan fingerprint density at radius 3 is 2.81 bits per heavy atom. The summed E-state index contributed by atoms with van der Waals surface area (Å²) in [6, 6.07) is 10.2. The van der Waals surface area contributed by atoms with Crippen molar-refractivity contribution >= 4 is 11.9 Å². The quantitative estimate of drug-likeness (QED) is 0.877. The van der Waals surface area contributed by atoms with Gasteiger partial charge in [-0.3, -0.25) is 4.79 Å². The Kier molecular flexibility index (Phi) is 3.56. The van der Waals surface area contributed by atoms with Crippen molar-refractivity contribution in [3.8, 4) is 0 Å². The normalized spacial score (nSPS) is 17.1. The van der Waals surface area contributed by atoms with Gasteiger partial charge in [0, 0.05) is 11.7 Å². The first-order chi connectivity index (χ1) is 10.1. The number of hydrogen-bond acceptors (Lipinski definition) is 4. The third-order valence-corrected chi connectivity index (χ3v) is 3.79. The number of amides is 1. The number of hydrogen-bond donors (Lipinski definition) is 2. The Bertz CT molecular complexity index is 663. The van der Waals surface area contributed by atoms with Crippen LogP contribution in [0.3, 0.4) is 0 Å². The number of anilines is 1. The summed E-state index contributed by atoms with van der Waals surface area (Å²) in [6.45, 7) is 1.80. The molecule has 0 saturated carbocycles. The van der Waals surface area contributed by atoms with E-state index in [0.717, 1.165) is 19.3 Å². The van der Waals surface area contributed by atoms with Gasteiger partial charge in [-0.1, -0.05) is 24.3 Å². The van der Waals surface area contributed by atoms with Gasteiger partial charge in [0.25, 0.3) is 5.91 Å². The third-order valence-electron chi connectivity index (χ3n) is 3.79. The second-order valence-corrected chi connectivity index (χ2v) is 5.43. The average Bonchev–Trinajstić information content (AvgIpc) is 2.46. The van der Waals surface area contributed by atoms with E-state index in [1.807, 2.05) is 6.07 Å². The second kappa shape index (κ2) is 5.52. The second-order valence-electron chi connectivity index (χ2n) is 5.43. The Balaban J connectivity index is 1.71. The van der Waals surface area contributed by atoms with Gasteiger partial charge < -0.3 is 11.1 Å². The summed E-state index contributed by atoms with van der Waals surface area (Å²) in [5, 5.41) is 3.05. The molecule has 3 rings (SSSR count). The maximum atomic E-state index is 12.3. The van der Waals surface area contributed by atoms with E-state index in [0.29, 0.717) is 11.4 Å². The molecular weight excluding hydrogens is 264 g/mol. The monoisotopic (exact) mass is 282 g/mol. The number of nitrogens with one attached hydrogen (secondary N) is 1. The molecule has 1 aromatic carbocycles. The fourth-order valence-corrected chi connectivity index (χ4v) is 2.79. The van der Waals surface area contributed by atoms with Gasteiger partial charge in [0.1, 0.15) is 5.69 Å². The van der Waals surface area contributed by atoms with Crippen LogP contribution in [0, 0.1) is 6.92 Å². The molecule has 0 bridgehead atoms. The zero-order chi connectivity index (χ0) is 14.8. The minimum atomic E-state index is -0.184. The first-order valence-corrected chi connectivity index (χ1v) is 7.10. The van der Waals surface area contributed by atoms with E-state index in [1.54, 1.807) is 13.0 Å². The number of nitrogens with zero attached hydrogens (tertiary/aromatic N) is 2. The maximum Gasteiger partial charge on any atom is 0.270 e. The number of carbonyl (C=O) groups is 1. The van der Waals surface area contributed by atoms with E-state index in [9.17, 15) is 4.79 Å². The number of benzene rings is 1. The molecule has 1 amide bonds. The lowest BCUT2D eigenvalue weighted by atomic mass is 9.88. The highest BCUT2D eigenvalue weighted by atomic mass is 16.1. The first kappa shape index (κ1) is 13.5. The average molecular weight is 282 g/mol. The third kappa shape index (κ3) is 3.02. The molecule has 0 saturated heterocycles. The molecule has 3 N–H and O–H groups in total. The first-order valence-electron chi connectivity index (χ1n) is 7.10. The van der Waals surface area contributed by atoms with Crippen molar-refractivity contribution in [2.45, 2.75) is 32.2 Å². The number of aryl methyl sites for hydroxylation is 2. The van der Waals surface area contributed by atoms with Crippen LogP contribution in [-0.4, -0.2) is 21.9 Å². The van der Waals surface area contributed by atoms with Crippen molar-refractivity contribution in [3.63, 3.8) is 0 Å². The van der Waals surface area contributed by atoms with E-state index in [4.69, 9.17) is 5.73 Å². The van der Waals surface area contributed by atoms with Crippen molar-refractivity contribution in [1.82, 2.24) is 15.3 Å². The maximum absolute atomic E-state index is 12.3. The van der Waals surface area contributed by atoms with Crippen LogP contribution in [0.4, 0.5) is 5.95 Å². The predicted octanol–water partition coefficient (Wildman–Crippen LogP) is 1.65. The molecule has 1 heterocycles. The molecule has 1 aliphatic rings. The van der Waals surface area contributed by atoms with Crippen molar-refractivity contribution in [3.05, 3.63) is 52.8 Å². The lowest BCUT2D eigenvalue weighted by Crippen LogP contribution is -2.39. The number of nitrogens with two attached hydrogens (primary N) is 1. The molecule has 0 fully saturated rings. The molecule has 5 heteroatoms. The Hall–Kier alpha value is -2.43. The Labute approximate surface area is 123 Å². The van der Waals surface area contributed by atoms with E-state index >= 15 is 0 Å². The van der Waals surface area contributed by atoms with E-state index < -0.39 is 0 Å². The lowest BCUT2D eigenvalue weighted by molar-refractivity contribution is 0.0928. The topological polar surface area (TPSA) is 80.9 Å². The smallest absolute Gasteiger partial charge is 0.270 e. The number of rotatable bonds is 2. The number of nitrogen functional groups attached to an aromatic ring is 1. The largest absolute Gasteiger partial charge is 0.368 e. The van der Waals surface area contributed by atoms with Crippen LogP contribution < -0.4 is 11.1 Å². The molecular formula is C16H18N4O. The molecule has 1 aromatic heterocycles. The van der Waals surface area contributed by atoms with Crippen LogP contribution in [0.25, 0.3) is 0 Å². The van der Waals surface area contributed by atoms with E-state index in [-0.39, 0.29) is 17.9 Å². The van der Waals surface area contributed by atoms with Crippen LogP contribution >= 0.6 is 0 Å². The van der Waals surface area contributed by atoms with Crippen molar-refractivity contribution in [2.24, 2.45) is 0 Å². The van der Waals surface area contributed by atoms with Crippen LogP contribution in [0.15, 0.2) is 30.3 Å². The SMILES string of the molecule is Cc1cc(C(=O)N[C@H]2CCc3ccccc3C2)nc(N)n1. The molecule has 5 nitrogen and oxygen atoms in total. The summed E-state index contributed by atoms with van der Waals surface area (Å²) in [4.78, 5) is 20.3.